The molecule has 5 heteroatoms. The van der Waals surface area contributed by atoms with Gasteiger partial charge < -0.3 is 9.67 Å². The van der Waals surface area contributed by atoms with Crippen LogP contribution in [0.3, 0.4) is 0 Å². The minimum absolute atomic E-state index is 0.201. The molecule has 0 radical (unpaired) electrons. The normalized spacial score (nSPS) is 24.6. The summed E-state index contributed by atoms with van der Waals surface area (Å²) in [7, 11) is 0. The van der Waals surface area contributed by atoms with E-state index < -0.39 is 0 Å². The summed E-state index contributed by atoms with van der Waals surface area (Å²) in [4.78, 5) is 5.06. The lowest BCUT2D eigenvalue weighted by atomic mass is 10.0. The van der Waals surface area contributed by atoms with Gasteiger partial charge in [-0.05, 0) is 50.1 Å². The van der Waals surface area contributed by atoms with E-state index in [0.29, 0.717) is 17.8 Å². The molecule has 0 bridgehead atoms. The number of halogens is 1. The highest BCUT2D eigenvalue weighted by molar-refractivity contribution is 5.36. The predicted octanol–water partition coefficient (Wildman–Crippen LogP) is 2.65. The highest BCUT2D eigenvalue weighted by atomic mass is 19.1. The summed E-state index contributed by atoms with van der Waals surface area (Å²) in [5.74, 6) is -0.201. The molecule has 2 atom stereocenters. The Balaban J connectivity index is 1.57. The standard InChI is InChI=1S/C20H26FN3O/c21-19-7-1-2-8-20(19)24-11-4-6-18(24)15-23-14-16-5-3-10-22(16)13-17(23)9-12-25/h1-2,4,6-8,11,16-17,25H,3,5,9-10,12-15H2/t16?,17-/m0/s1. The third-order valence-corrected chi connectivity index (χ3v) is 5.68. The maximum absolute atomic E-state index is 14.2. The van der Waals surface area contributed by atoms with Crippen LogP contribution < -0.4 is 0 Å². The molecule has 0 amide bonds. The zero-order valence-corrected chi connectivity index (χ0v) is 14.5. The van der Waals surface area contributed by atoms with Gasteiger partial charge in [0, 0.05) is 50.2 Å². The Kier molecular flexibility index (Phi) is 4.88. The Hall–Kier alpha value is -1.69. The van der Waals surface area contributed by atoms with Crippen molar-refractivity contribution >= 4 is 0 Å². The van der Waals surface area contributed by atoms with Gasteiger partial charge >= 0.3 is 0 Å². The summed E-state index contributed by atoms with van der Waals surface area (Å²) in [6.45, 7) is 4.26. The van der Waals surface area contributed by atoms with Gasteiger partial charge in [0.1, 0.15) is 5.82 Å². The van der Waals surface area contributed by atoms with Crippen molar-refractivity contribution in [3.8, 4) is 5.69 Å². The Morgan fingerprint density at radius 2 is 2.00 bits per heavy atom. The van der Waals surface area contributed by atoms with Gasteiger partial charge in [0.25, 0.3) is 0 Å². The number of fused-ring (bicyclic) bond motifs is 1. The first-order valence-electron chi connectivity index (χ1n) is 9.26. The third kappa shape index (κ3) is 3.36. The fourth-order valence-electron chi connectivity index (χ4n) is 4.40. The third-order valence-electron chi connectivity index (χ3n) is 5.68. The van der Waals surface area contributed by atoms with E-state index in [2.05, 4.69) is 15.9 Å². The van der Waals surface area contributed by atoms with Gasteiger partial charge in [-0.15, -0.1) is 0 Å². The Bertz CT molecular complexity index is 716. The number of hydrogen-bond donors (Lipinski definition) is 1. The number of aliphatic hydroxyl groups is 1. The SMILES string of the molecule is OCC[C@H]1CN2CCCC2CN1Cc1cccn1-c1ccccc1F. The van der Waals surface area contributed by atoms with Gasteiger partial charge in [0.2, 0.25) is 0 Å². The molecule has 1 unspecified atom stereocenters. The van der Waals surface area contributed by atoms with Gasteiger partial charge in [0.05, 0.1) is 5.69 Å². The van der Waals surface area contributed by atoms with Crippen LogP contribution in [0.5, 0.6) is 0 Å². The first-order valence-corrected chi connectivity index (χ1v) is 9.26. The Morgan fingerprint density at radius 3 is 2.84 bits per heavy atom. The molecule has 2 saturated heterocycles. The van der Waals surface area contributed by atoms with E-state index in [1.165, 1.54) is 25.5 Å². The van der Waals surface area contributed by atoms with E-state index in [1.54, 1.807) is 6.07 Å². The van der Waals surface area contributed by atoms with Crippen LogP contribution in [0.25, 0.3) is 5.69 Å². The fraction of sp³-hybridized carbons (Fsp3) is 0.500. The lowest BCUT2D eigenvalue weighted by Gasteiger charge is -2.43. The van der Waals surface area contributed by atoms with E-state index in [0.717, 1.165) is 31.7 Å². The van der Waals surface area contributed by atoms with Crippen LogP contribution in [0.1, 0.15) is 25.0 Å². The molecule has 2 fully saturated rings. The molecule has 2 aromatic rings. The monoisotopic (exact) mass is 343 g/mol. The molecule has 0 aliphatic carbocycles. The van der Waals surface area contributed by atoms with Crippen LogP contribution in [0.2, 0.25) is 0 Å². The summed E-state index contributed by atoms with van der Waals surface area (Å²) in [6.07, 6.45) is 5.26. The molecule has 0 saturated carbocycles. The Labute approximate surface area is 148 Å². The maximum atomic E-state index is 14.2. The molecule has 2 aliphatic rings. The fourth-order valence-corrected chi connectivity index (χ4v) is 4.40. The van der Waals surface area contributed by atoms with Gasteiger partial charge in [-0.2, -0.15) is 0 Å². The highest BCUT2D eigenvalue weighted by Crippen LogP contribution is 2.28. The van der Waals surface area contributed by atoms with Crippen LogP contribution in [0, 0.1) is 5.82 Å². The smallest absolute Gasteiger partial charge is 0.147 e. The largest absolute Gasteiger partial charge is 0.396 e. The second-order valence-electron chi connectivity index (χ2n) is 7.21. The van der Waals surface area contributed by atoms with Crippen molar-refractivity contribution in [2.45, 2.75) is 37.9 Å². The summed E-state index contributed by atoms with van der Waals surface area (Å²) in [5.41, 5.74) is 1.69. The van der Waals surface area contributed by atoms with E-state index in [4.69, 9.17) is 0 Å². The molecule has 25 heavy (non-hydrogen) atoms. The van der Waals surface area contributed by atoms with Gasteiger partial charge in [-0.3, -0.25) is 9.80 Å². The van der Waals surface area contributed by atoms with Crippen molar-refractivity contribution in [2.75, 3.05) is 26.2 Å². The van der Waals surface area contributed by atoms with Crippen LogP contribution >= 0.6 is 0 Å². The second kappa shape index (κ2) is 7.28. The number of nitrogens with zero attached hydrogens (tertiary/aromatic N) is 3. The Morgan fingerprint density at radius 1 is 1.12 bits per heavy atom. The van der Waals surface area contributed by atoms with E-state index in [-0.39, 0.29) is 12.4 Å². The average Bonchev–Trinajstić information content (AvgIpc) is 3.25. The topological polar surface area (TPSA) is 31.6 Å². The summed E-state index contributed by atoms with van der Waals surface area (Å²) in [6, 6.07) is 12.0. The number of aliphatic hydroxyl groups excluding tert-OH is 1. The minimum Gasteiger partial charge on any atom is -0.396 e. The van der Waals surface area contributed by atoms with Crippen LogP contribution in [0.4, 0.5) is 4.39 Å². The van der Waals surface area contributed by atoms with Crippen molar-refractivity contribution in [1.29, 1.82) is 0 Å². The first kappa shape index (κ1) is 16.8. The van der Waals surface area contributed by atoms with Crippen molar-refractivity contribution < 1.29 is 9.50 Å². The summed E-state index contributed by atoms with van der Waals surface area (Å²) < 4.78 is 16.2. The van der Waals surface area contributed by atoms with Crippen LogP contribution in [-0.2, 0) is 6.54 Å². The van der Waals surface area contributed by atoms with Gasteiger partial charge in [-0.25, -0.2) is 4.39 Å². The molecule has 1 N–H and O–H groups in total. The summed E-state index contributed by atoms with van der Waals surface area (Å²) in [5, 5.41) is 9.47. The molecule has 4 rings (SSSR count). The lowest BCUT2D eigenvalue weighted by Crippen LogP contribution is -2.55. The zero-order chi connectivity index (χ0) is 17.2. The molecule has 134 valence electrons. The van der Waals surface area contributed by atoms with E-state index in [1.807, 2.05) is 29.0 Å². The maximum Gasteiger partial charge on any atom is 0.147 e. The van der Waals surface area contributed by atoms with Gasteiger partial charge in [-0.1, -0.05) is 12.1 Å². The van der Waals surface area contributed by atoms with Gasteiger partial charge in [0.15, 0.2) is 0 Å². The van der Waals surface area contributed by atoms with Crippen molar-refractivity contribution in [3.63, 3.8) is 0 Å². The number of aromatic nitrogens is 1. The molecule has 1 aromatic heterocycles. The van der Waals surface area contributed by atoms with Crippen LogP contribution in [0.15, 0.2) is 42.6 Å². The average molecular weight is 343 g/mol. The highest BCUT2D eigenvalue weighted by Gasteiger charge is 2.36. The molecule has 3 heterocycles. The molecule has 2 aliphatic heterocycles. The minimum atomic E-state index is -0.201. The molecular weight excluding hydrogens is 317 g/mol. The van der Waals surface area contributed by atoms with Crippen molar-refractivity contribution in [1.82, 2.24) is 14.4 Å². The number of para-hydroxylation sites is 1. The molecule has 0 spiro atoms. The second-order valence-corrected chi connectivity index (χ2v) is 7.21. The number of hydrogen-bond acceptors (Lipinski definition) is 3. The van der Waals surface area contributed by atoms with E-state index in [9.17, 15) is 9.50 Å². The predicted molar refractivity (Wildman–Crippen MR) is 96.2 cm³/mol. The van der Waals surface area contributed by atoms with Crippen LogP contribution in [-0.4, -0.2) is 57.8 Å². The van der Waals surface area contributed by atoms with Crippen molar-refractivity contribution in [2.24, 2.45) is 0 Å². The quantitative estimate of drug-likeness (QED) is 0.906. The number of piperazine rings is 1. The van der Waals surface area contributed by atoms with E-state index >= 15 is 0 Å². The first-order chi connectivity index (χ1) is 12.3. The number of benzene rings is 1. The molecule has 4 nitrogen and oxygen atoms in total. The number of rotatable bonds is 5. The summed E-state index contributed by atoms with van der Waals surface area (Å²) >= 11 is 0. The molecule has 1 aromatic carbocycles. The van der Waals surface area contributed by atoms with Crippen molar-refractivity contribution in [3.05, 3.63) is 54.1 Å². The lowest BCUT2D eigenvalue weighted by molar-refractivity contribution is 0.0323. The molecular formula is C20H26FN3O. The zero-order valence-electron chi connectivity index (χ0n) is 14.5.